The minimum Gasteiger partial charge on any atom is -0.265 e. The van der Waals surface area contributed by atoms with Crippen molar-refractivity contribution in [3.8, 4) is 55.6 Å². The fourth-order valence-electron chi connectivity index (χ4n) is 9.87. The van der Waals surface area contributed by atoms with Gasteiger partial charge in [0.1, 0.15) is 0 Å². The minimum absolute atomic E-state index is 0.633. The predicted octanol–water partition coefficient (Wildman–Crippen LogP) is 12.7. The Morgan fingerprint density at radius 1 is 0.321 bits per heavy atom. The number of pyridine rings is 2. The van der Waals surface area contributed by atoms with Crippen LogP contribution in [0.15, 0.2) is 183 Å². The number of hydrogen-bond donors (Lipinski definition) is 0. The van der Waals surface area contributed by atoms with Gasteiger partial charge in [-0.2, -0.15) is 0 Å². The van der Waals surface area contributed by atoms with Crippen LogP contribution >= 0.6 is 0 Å². The lowest BCUT2D eigenvalue weighted by molar-refractivity contribution is 0.777. The van der Waals surface area contributed by atoms with Crippen LogP contribution in [0.3, 0.4) is 0 Å². The Kier molecular flexibility index (Phi) is 5.73. The van der Waals surface area contributed by atoms with Gasteiger partial charge >= 0.3 is 0 Å². The summed E-state index contributed by atoms with van der Waals surface area (Å²) >= 11 is 0. The number of rotatable bonds is 2. The molecule has 0 radical (unpaired) electrons. The summed E-state index contributed by atoms with van der Waals surface area (Å²) in [4.78, 5) is 8.73. The SMILES string of the molecule is c1ccc2c(c1)-c1ccc(-c3ccncc3)cc1C1(c3cc(-c4ccncc4)ccc3-2)c2ccccc2-c2c1cc1ccc3cccc4ccc2c1c34. The average Bonchev–Trinajstić information content (AvgIpc) is 3.48. The molecule has 2 aromatic heterocycles. The first-order chi connectivity index (χ1) is 26.3. The van der Waals surface area contributed by atoms with Crippen LogP contribution < -0.4 is 0 Å². The molecule has 0 amide bonds. The Morgan fingerprint density at radius 2 is 0.868 bits per heavy atom. The summed E-state index contributed by atoms with van der Waals surface area (Å²) in [5, 5.41) is 7.84. The van der Waals surface area contributed by atoms with Gasteiger partial charge in [0.05, 0.1) is 5.41 Å². The van der Waals surface area contributed by atoms with Gasteiger partial charge in [0.15, 0.2) is 0 Å². The lowest BCUT2D eigenvalue weighted by Crippen LogP contribution is -2.29. The van der Waals surface area contributed by atoms with Crippen LogP contribution in [0.2, 0.25) is 0 Å². The molecule has 0 saturated heterocycles. The Morgan fingerprint density at radius 3 is 1.49 bits per heavy atom. The van der Waals surface area contributed by atoms with E-state index in [-0.39, 0.29) is 0 Å². The topological polar surface area (TPSA) is 25.8 Å². The van der Waals surface area contributed by atoms with Crippen molar-refractivity contribution in [3.63, 3.8) is 0 Å². The quantitative estimate of drug-likeness (QED) is 0.171. The van der Waals surface area contributed by atoms with Crippen LogP contribution in [0.25, 0.3) is 88.0 Å². The molecule has 2 aliphatic rings. The van der Waals surface area contributed by atoms with Crippen molar-refractivity contribution >= 4 is 32.3 Å². The fourth-order valence-corrected chi connectivity index (χ4v) is 9.87. The highest BCUT2D eigenvalue weighted by Gasteiger charge is 2.50. The van der Waals surface area contributed by atoms with E-state index in [2.05, 4.69) is 168 Å². The monoisotopic (exact) mass is 670 g/mol. The Bertz CT molecular complexity index is 2980. The highest BCUT2D eigenvalue weighted by Crippen LogP contribution is 2.64. The van der Waals surface area contributed by atoms with Crippen LogP contribution in [0.4, 0.5) is 0 Å². The van der Waals surface area contributed by atoms with Crippen molar-refractivity contribution in [2.45, 2.75) is 5.41 Å². The zero-order valence-electron chi connectivity index (χ0n) is 28.7. The van der Waals surface area contributed by atoms with Gasteiger partial charge in [-0.3, -0.25) is 9.97 Å². The second-order valence-corrected chi connectivity index (χ2v) is 14.5. The van der Waals surface area contributed by atoms with E-state index in [0.29, 0.717) is 0 Å². The van der Waals surface area contributed by atoms with Gasteiger partial charge in [-0.15, -0.1) is 0 Å². The molecule has 2 nitrogen and oxygen atoms in total. The summed E-state index contributed by atoms with van der Waals surface area (Å²) in [6, 6.07) is 59.5. The van der Waals surface area contributed by atoms with Gasteiger partial charge < -0.3 is 0 Å². The molecule has 0 unspecified atom stereocenters. The van der Waals surface area contributed by atoms with Crippen molar-refractivity contribution in [1.82, 2.24) is 9.97 Å². The first kappa shape index (κ1) is 28.8. The first-order valence-electron chi connectivity index (χ1n) is 18.3. The standard InChI is InChI=1S/C51H30N2/c1-2-9-39-38(8-1)40-17-15-35(31-20-24-52-25-21-31)28-45(40)51(46-29-36(16-18-41(39)46)32-22-26-53-27-23-32)44-11-4-3-10-42(44)50-43-19-14-34-7-5-6-33-12-13-37(30-47(50)51)49(43)48(33)34/h1-30H. The van der Waals surface area contributed by atoms with Crippen molar-refractivity contribution in [2.75, 3.05) is 0 Å². The molecule has 244 valence electrons. The van der Waals surface area contributed by atoms with E-state index in [1.165, 1.54) is 99.1 Å². The number of benzene rings is 8. The molecule has 0 saturated carbocycles. The molecule has 2 heterocycles. The summed E-state index contributed by atoms with van der Waals surface area (Å²) in [5.41, 5.74) is 16.9. The average molecular weight is 671 g/mol. The maximum Gasteiger partial charge on any atom is 0.0726 e. The van der Waals surface area contributed by atoms with Gasteiger partial charge in [0.25, 0.3) is 0 Å². The normalized spacial score (nSPS) is 13.4. The lowest BCUT2D eigenvalue weighted by Gasteiger charge is -2.36. The molecule has 0 fully saturated rings. The molecule has 0 atom stereocenters. The Balaban J connectivity index is 1.32. The molecule has 1 spiro atoms. The summed E-state index contributed by atoms with van der Waals surface area (Å²) in [7, 11) is 0. The third-order valence-electron chi connectivity index (χ3n) is 12.0. The van der Waals surface area contributed by atoms with Gasteiger partial charge in [-0.25, -0.2) is 0 Å². The predicted molar refractivity (Wildman–Crippen MR) is 218 cm³/mol. The van der Waals surface area contributed by atoms with Crippen molar-refractivity contribution < 1.29 is 0 Å². The molecule has 0 bridgehead atoms. The number of nitrogens with zero attached hydrogens (tertiary/aromatic N) is 2. The van der Waals surface area contributed by atoms with Crippen LogP contribution in [-0.4, -0.2) is 9.97 Å². The molecule has 8 aromatic carbocycles. The van der Waals surface area contributed by atoms with Gasteiger partial charge in [-0.05, 0) is 153 Å². The molecule has 2 heteroatoms. The molecule has 10 aromatic rings. The summed E-state index contributed by atoms with van der Waals surface area (Å²) in [6.07, 6.45) is 7.57. The van der Waals surface area contributed by atoms with Crippen LogP contribution in [0.1, 0.15) is 22.3 Å². The molecule has 2 aliphatic carbocycles. The summed E-state index contributed by atoms with van der Waals surface area (Å²) < 4.78 is 0. The third-order valence-corrected chi connectivity index (χ3v) is 12.0. The van der Waals surface area contributed by atoms with Gasteiger partial charge in [-0.1, -0.05) is 115 Å². The number of fused-ring (bicyclic) bond motifs is 13. The van der Waals surface area contributed by atoms with E-state index in [1.807, 2.05) is 24.8 Å². The van der Waals surface area contributed by atoms with Crippen molar-refractivity contribution in [1.29, 1.82) is 0 Å². The van der Waals surface area contributed by atoms with E-state index in [9.17, 15) is 0 Å². The van der Waals surface area contributed by atoms with E-state index in [0.717, 1.165) is 11.1 Å². The van der Waals surface area contributed by atoms with E-state index in [1.54, 1.807) is 0 Å². The molecular formula is C51H30N2. The van der Waals surface area contributed by atoms with E-state index < -0.39 is 5.41 Å². The fraction of sp³-hybridized carbons (Fsp3) is 0.0196. The maximum absolute atomic E-state index is 4.37. The van der Waals surface area contributed by atoms with Crippen molar-refractivity contribution in [2.24, 2.45) is 0 Å². The Hall–Kier alpha value is -6.90. The van der Waals surface area contributed by atoms with Gasteiger partial charge in [0.2, 0.25) is 0 Å². The maximum atomic E-state index is 4.37. The Labute approximate surface area is 307 Å². The smallest absolute Gasteiger partial charge is 0.0726 e. The first-order valence-corrected chi connectivity index (χ1v) is 18.3. The minimum atomic E-state index is -0.633. The second kappa shape index (κ2) is 10.6. The zero-order valence-corrected chi connectivity index (χ0v) is 28.7. The lowest BCUT2D eigenvalue weighted by atomic mass is 9.65. The third kappa shape index (κ3) is 3.77. The van der Waals surface area contributed by atoms with Crippen LogP contribution in [0.5, 0.6) is 0 Å². The van der Waals surface area contributed by atoms with Crippen LogP contribution in [0, 0.1) is 0 Å². The zero-order chi connectivity index (χ0) is 34.7. The number of hydrogen-bond acceptors (Lipinski definition) is 2. The molecule has 12 rings (SSSR count). The molecule has 53 heavy (non-hydrogen) atoms. The van der Waals surface area contributed by atoms with Crippen molar-refractivity contribution in [3.05, 3.63) is 205 Å². The highest BCUT2D eigenvalue weighted by molar-refractivity contribution is 6.27. The summed E-state index contributed by atoms with van der Waals surface area (Å²) in [5.74, 6) is 0. The molecule has 0 N–H and O–H groups in total. The van der Waals surface area contributed by atoms with E-state index in [4.69, 9.17) is 0 Å². The number of aromatic nitrogens is 2. The van der Waals surface area contributed by atoms with Gasteiger partial charge in [0, 0.05) is 24.8 Å². The summed E-state index contributed by atoms with van der Waals surface area (Å²) in [6.45, 7) is 0. The highest BCUT2D eigenvalue weighted by atomic mass is 14.6. The largest absolute Gasteiger partial charge is 0.265 e. The molecule has 0 aliphatic heterocycles. The van der Waals surface area contributed by atoms with E-state index >= 15 is 0 Å². The second-order valence-electron chi connectivity index (χ2n) is 14.5. The molecular weight excluding hydrogens is 641 g/mol. The van der Waals surface area contributed by atoms with Crippen LogP contribution in [-0.2, 0) is 5.41 Å².